The molecule has 3 unspecified atom stereocenters. The molecule has 0 amide bonds. The van der Waals surface area contributed by atoms with Crippen molar-refractivity contribution in [3.05, 3.63) is 122 Å². The summed E-state index contributed by atoms with van der Waals surface area (Å²) in [5, 5.41) is 9.80. The number of esters is 3. The Balaban J connectivity index is 4.84. The molecule has 12 heteroatoms. The molecule has 3 atom stereocenters. The number of aliphatic hydroxyl groups is 1. The third-order valence-electron chi connectivity index (χ3n) is 11.9. The van der Waals surface area contributed by atoms with E-state index in [1.165, 1.54) is 38.5 Å². The van der Waals surface area contributed by atoms with Gasteiger partial charge in [-0.2, -0.15) is 0 Å². The number of unbranched alkanes of at least 4 members (excludes halogenated alkanes) is 16. The second-order valence-electron chi connectivity index (χ2n) is 19.0. The molecular weight excluding hydrogens is 976 g/mol. The summed E-state index contributed by atoms with van der Waals surface area (Å²) in [6.07, 6.45) is 70.3. The Hall–Kier alpha value is -4.12. The molecule has 0 bridgehead atoms. The van der Waals surface area contributed by atoms with Crippen molar-refractivity contribution in [2.45, 2.75) is 238 Å². The highest BCUT2D eigenvalue weighted by molar-refractivity contribution is 7.47. The maximum absolute atomic E-state index is 12.9. The second kappa shape index (κ2) is 57.1. The van der Waals surface area contributed by atoms with E-state index >= 15 is 0 Å². The molecule has 0 aliphatic heterocycles. The van der Waals surface area contributed by atoms with Crippen molar-refractivity contribution in [1.82, 2.24) is 0 Å². The molecule has 0 saturated carbocycles. The van der Waals surface area contributed by atoms with Crippen molar-refractivity contribution in [3.8, 4) is 0 Å². The van der Waals surface area contributed by atoms with E-state index in [0.29, 0.717) is 19.3 Å². The van der Waals surface area contributed by atoms with E-state index in [4.69, 9.17) is 23.3 Å². The number of phosphoric ester groups is 1. The van der Waals surface area contributed by atoms with E-state index in [0.717, 1.165) is 128 Å². The highest BCUT2D eigenvalue weighted by Crippen LogP contribution is 2.43. The van der Waals surface area contributed by atoms with Crippen molar-refractivity contribution in [3.63, 3.8) is 0 Å². The normalized spacial score (nSPS) is 14.2. The molecule has 2 N–H and O–H groups in total. The first-order valence-corrected chi connectivity index (χ1v) is 30.9. The number of hydrogen-bond acceptors (Lipinski definition) is 10. The average molecular weight is 1080 g/mol. The Morgan fingerprint density at radius 3 is 1.13 bits per heavy atom. The van der Waals surface area contributed by atoms with Crippen LogP contribution in [0.3, 0.4) is 0 Å². The van der Waals surface area contributed by atoms with Crippen LogP contribution in [0.5, 0.6) is 0 Å². The lowest BCUT2D eigenvalue weighted by Gasteiger charge is -2.21. The monoisotopic (exact) mass is 1080 g/mol. The summed E-state index contributed by atoms with van der Waals surface area (Å²) in [5.74, 6) is -1.59. The van der Waals surface area contributed by atoms with Gasteiger partial charge in [0, 0.05) is 19.3 Å². The molecule has 0 aromatic rings. The Labute approximate surface area is 462 Å². The number of aliphatic hydroxyl groups excluding tert-OH is 1. The van der Waals surface area contributed by atoms with Crippen LogP contribution in [0.2, 0.25) is 0 Å². The number of ether oxygens (including phenoxy) is 3. The predicted octanol–water partition coefficient (Wildman–Crippen LogP) is 17.6. The first kappa shape index (κ1) is 71.9. The van der Waals surface area contributed by atoms with Gasteiger partial charge in [0.15, 0.2) is 6.10 Å². The third kappa shape index (κ3) is 54.7. The van der Waals surface area contributed by atoms with Crippen molar-refractivity contribution < 1.29 is 52.2 Å². The molecule has 0 radical (unpaired) electrons. The standard InChI is InChI=1S/C64H105O11P/c1-4-7-10-13-16-19-22-25-27-29-30-32-34-37-40-43-46-49-52-55-64(68)75-61(57-71-62(66)53-50-47-44-41-38-36-33-31-28-26-23-20-17-14-11-8-5-2)59-73-76(69,70)72-58-60(56-65)74-63(67)54-51-48-45-42-39-35-24-21-18-15-12-9-6-3/h7,9-10,12,16-21,25-28,30,32,35,39,45,48,60-61,65H,4-6,8,11,13-15,22-24,29,31,33-34,36-38,40-44,46-47,49-59H2,1-3H3,(H,69,70)/b10-7-,12-9-,19-16-,20-17-,21-18-,27-25-,28-26-,32-30-,39-35-,48-45-. The highest BCUT2D eigenvalue weighted by atomic mass is 31.2. The van der Waals surface area contributed by atoms with Crippen LogP contribution >= 0.6 is 7.82 Å². The summed E-state index contributed by atoms with van der Waals surface area (Å²) < 4.78 is 39.5. The molecule has 0 rings (SSSR count). The van der Waals surface area contributed by atoms with Gasteiger partial charge in [0.05, 0.1) is 19.8 Å². The van der Waals surface area contributed by atoms with Gasteiger partial charge in [-0.05, 0) is 116 Å². The fourth-order valence-corrected chi connectivity index (χ4v) is 8.23. The third-order valence-corrected chi connectivity index (χ3v) is 12.8. The summed E-state index contributed by atoms with van der Waals surface area (Å²) >= 11 is 0. The van der Waals surface area contributed by atoms with Gasteiger partial charge in [-0.15, -0.1) is 0 Å². The summed E-state index contributed by atoms with van der Waals surface area (Å²) in [7, 11) is -4.78. The van der Waals surface area contributed by atoms with Crippen molar-refractivity contribution in [2.24, 2.45) is 0 Å². The molecule has 0 spiro atoms. The molecule has 0 aromatic carbocycles. The van der Waals surface area contributed by atoms with Gasteiger partial charge >= 0.3 is 25.7 Å². The zero-order valence-electron chi connectivity index (χ0n) is 47.7. The van der Waals surface area contributed by atoms with Crippen LogP contribution < -0.4 is 0 Å². The van der Waals surface area contributed by atoms with Crippen LogP contribution in [0.4, 0.5) is 0 Å². The molecule has 0 aromatic heterocycles. The summed E-state index contributed by atoms with van der Waals surface area (Å²) in [4.78, 5) is 48.6. The smallest absolute Gasteiger partial charge is 0.462 e. The van der Waals surface area contributed by atoms with E-state index in [-0.39, 0.29) is 25.9 Å². The molecule has 0 heterocycles. The van der Waals surface area contributed by atoms with Crippen molar-refractivity contribution >= 4 is 25.7 Å². The quantitative estimate of drug-likeness (QED) is 0.0197. The van der Waals surface area contributed by atoms with E-state index < -0.39 is 57.8 Å². The SMILES string of the molecule is CC/C=C\C/C=C\C/C=C\C/C=C\CCCCCCCCC(=O)OC(COC(=O)CCCCCCCCC/C=C\C/C=C\CCCCC)COP(=O)(O)OCC(CO)OC(=O)CC/C=C\C/C=C\C/C=C\C/C=C\CC. The summed E-state index contributed by atoms with van der Waals surface area (Å²) in [6.45, 7) is 4.27. The minimum absolute atomic E-state index is 0.0489. The van der Waals surface area contributed by atoms with Crippen LogP contribution in [0.1, 0.15) is 226 Å². The summed E-state index contributed by atoms with van der Waals surface area (Å²) in [5.41, 5.74) is 0. The van der Waals surface area contributed by atoms with Gasteiger partial charge < -0.3 is 24.2 Å². The van der Waals surface area contributed by atoms with Crippen LogP contribution in [-0.4, -0.2) is 66.5 Å². The van der Waals surface area contributed by atoms with Crippen LogP contribution in [0.25, 0.3) is 0 Å². The highest BCUT2D eigenvalue weighted by Gasteiger charge is 2.28. The number of rotatable bonds is 53. The first-order valence-electron chi connectivity index (χ1n) is 29.4. The van der Waals surface area contributed by atoms with Crippen LogP contribution in [0.15, 0.2) is 122 Å². The zero-order valence-corrected chi connectivity index (χ0v) is 48.6. The van der Waals surface area contributed by atoms with Crippen molar-refractivity contribution in [1.29, 1.82) is 0 Å². The van der Waals surface area contributed by atoms with E-state index in [9.17, 15) is 28.9 Å². The maximum atomic E-state index is 12.9. The van der Waals surface area contributed by atoms with Gasteiger partial charge in [0.25, 0.3) is 0 Å². The van der Waals surface area contributed by atoms with E-state index in [2.05, 4.69) is 124 Å². The second-order valence-corrected chi connectivity index (χ2v) is 20.5. The van der Waals surface area contributed by atoms with Gasteiger partial charge in [-0.1, -0.05) is 213 Å². The molecule has 0 aliphatic carbocycles. The Morgan fingerprint density at radius 1 is 0.382 bits per heavy atom. The molecular formula is C64H105O11P. The number of hydrogen-bond donors (Lipinski definition) is 2. The lowest BCUT2D eigenvalue weighted by Crippen LogP contribution is -2.30. The van der Waals surface area contributed by atoms with E-state index in [1.54, 1.807) is 0 Å². The fraction of sp³-hybridized carbons (Fsp3) is 0.641. The largest absolute Gasteiger partial charge is 0.472 e. The fourth-order valence-electron chi connectivity index (χ4n) is 7.45. The van der Waals surface area contributed by atoms with Gasteiger partial charge in [0.1, 0.15) is 12.7 Å². The van der Waals surface area contributed by atoms with Crippen molar-refractivity contribution in [2.75, 3.05) is 26.4 Å². The Kier molecular flexibility index (Phi) is 54.0. The number of allylic oxidation sites excluding steroid dienone is 20. The van der Waals surface area contributed by atoms with Crippen LogP contribution in [-0.2, 0) is 42.2 Å². The minimum Gasteiger partial charge on any atom is -0.462 e. The molecule has 432 valence electrons. The zero-order chi connectivity index (χ0) is 55.5. The Morgan fingerprint density at radius 2 is 0.711 bits per heavy atom. The minimum atomic E-state index is -4.78. The van der Waals surface area contributed by atoms with Crippen LogP contribution in [0, 0.1) is 0 Å². The maximum Gasteiger partial charge on any atom is 0.472 e. The number of phosphoric acid groups is 1. The Bertz CT molecular complexity index is 1740. The van der Waals surface area contributed by atoms with Gasteiger partial charge in [-0.25, -0.2) is 4.57 Å². The molecule has 0 saturated heterocycles. The molecule has 11 nitrogen and oxygen atoms in total. The van der Waals surface area contributed by atoms with Gasteiger partial charge in [-0.3, -0.25) is 23.4 Å². The lowest BCUT2D eigenvalue weighted by molar-refractivity contribution is -0.161. The lowest BCUT2D eigenvalue weighted by atomic mass is 10.1. The molecule has 0 aliphatic rings. The molecule has 0 fully saturated rings. The first-order chi connectivity index (χ1) is 37.2. The number of carbonyl (C=O) groups excluding carboxylic acids is 3. The topological polar surface area (TPSA) is 155 Å². The molecule has 76 heavy (non-hydrogen) atoms. The number of carbonyl (C=O) groups is 3. The summed E-state index contributed by atoms with van der Waals surface area (Å²) in [6, 6.07) is 0. The van der Waals surface area contributed by atoms with Gasteiger partial charge in [0.2, 0.25) is 0 Å². The predicted molar refractivity (Wildman–Crippen MR) is 316 cm³/mol. The van der Waals surface area contributed by atoms with E-state index in [1.807, 2.05) is 18.2 Å². The average Bonchev–Trinajstić information content (AvgIpc) is 3.41.